The van der Waals surface area contributed by atoms with Gasteiger partial charge in [-0.25, -0.2) is 4.99 Å². The van der Waals surface area contributed by atoms with Crippen LogP contribution in [-0.2, 0) is 9.59 Å². The van der Waals surface area contributed by atoms with Crippen molar-refractivity contribution in [2.45, 2.75) is 39.4 Å². The fraction of sp³-hybridized carbons (Fsp3) is 0.375. The average Bonchev–Trinajstić information content (AvgIpc) is 3.04. The smallest absolute Gasteiger partial charge is 0.271 e. The van der Waals surface area contributed by atoms with Gasteiger partial charge in [0.15, 0.2) is 5.17 Å². The Morgan fingerprint density at radius 2 is 1.97 bits per heavy atom. The van der Waals surface area contributed by atoms with Gasteiger partial charge in [0.25, 0.3) is 5.69 Å². The van der Waals surface area contributed by atoms with Gasteiger partial charge in [0.05, 0.1) is 23.4 Å². The molecule has 180 valence electrons. The summed E-state index contributed by atoms with van der Waals surface area (Å²) in [6.45, 7) is 8.55. The minimum atomic E-state index is -0.645. The van der Waals surface area contributed by atoms with Crippen LogP contribution in [0.15, 0.2) is 41.4 Å². The Balaban J connectivity index is 1.80. The number of amidine groups is 1. The Hall–Kier alpha value is -3.40. The van der Waals surface area contributed by atoms with E-state index in [0.717, 1.165) is 16.8 Å². The van der Waals surface area contributed by atoms with Crippen molar-refractivity contribution >= 4 is 45.8 Å². The number of hydrogen-bond donors (Lipinski definition) is 1. The van der Waals surface area contributed by atoms with Gasteiger partial charge in [0, 0.05) is 25.1 Å². The number of non-ortho nitro benzene ring substituents is 1. The minimum Gasteiger partial charge on any atom is -0.495 e. The van der Waals surface area contributed by atoms with E-state index in [2.05, 4.69) is 5.32 Å². The highest BCUT2D eigenvalue weighted by Crippen LogP contribution is 2.34. The van der Waals surface area contributed by atoms with Gasteiger partial charge < -0.3 is 10.1 Å². The first-order chi connectivity index (χ1) is 16.1. The molecule has 0 aliphatic carbocycles. The van der Waals surface area contributed by atoms with Gasteiger partial charge in [0.1, 0.15) is 11.0 Å². The molecule has 1 fully saturated rings. The molecular weight excluding hydrogens is 456 g/mol. The molecular formula is C24H28N4O5S. The highest BCUT2D eigenvalue weighted by Gasteiger charge is 2.39. The summed E-state index contributed by atoms with van der Waals surface area (Å²) in [6.07, 6.45) is -0.101. The standard InChI is InChI=1S/C24H28N4O5S/c1-14(2)13-27-23(30)21(34-24(27)25-17-7-6-15(3)16(4)10-17)12-22(29)26-19-11-18(28(31)32)8-9-20(19)33-5/h6-11,14,21H,12-13H2,1-5H3,(H,26,29). The van der Waals surface area contributed by atoms with Crippen molar-refractivity contribution in [3.05, 3.63) is 57.6 Å². The molecule has 1 aliphatic heterocycles. The van der Waals surface area contributed by atoms with E-state index in [0.29, 0.717) is 17.5 Å². The molecule has 2 aromatic rings. The number of nitro groups is 1. The fourth-order valence-corrected chi connectivity index (χ4v) is 4.61. The van der Waals surface area contributed by atoms with Crippen molar-refractivity contribution < 1.29 is 19.2 Å². The van der Waals surface area contributed by atoms with Crippen LogP contribution in [0.5, 0.6) is 5.75 Å². The molecule has 10 heteroatoms. The highest BCUT2D eigenvalue weighted by atomic mass is 32.2. The number of nitrogens with one attached hydrogen (secondary N) is 1. The maximum atomic E-state index is 13.1. The van der Waals surface area contributed by atoms with Crippen LogP contribution in [0.4, 0.5) is 17.1 Å². The van der Waals surface area contributed by atoms with Crippen molar-refractivity contribution in [2.75, 3.05) is 19.0 Å². The molecule has 1 saturated heterocycles. The average molecular weight is 485 g/mol. The number of aryl methyl sites for hydroxylation is 2. The monoisotopic (exact) mass is 484 g/mol. The van der Waals surface area contributed by atoms with E-state index in [1.54, 1.807) is 4.90 Å². The number of ether oxygens (including phenoxy) is 1. The number of hydrogen-bond acceptors (Lipinski definition) is 7. The number of nitrogens with zero attached hydrogens (tertiary/aromatic N) is 3. The first-order valence-electron chi connectivity index (χ1n) is 10.8. The Kier molecular flexibility index (Phi) is 7.93. The molecule has 9 nitrogen and oxygen atoms in total. The molecule has 0 radical (unpaired) electrons. The number of thioether (sulfide) groups is 1. The first kappa shape index (κ1) is 25.2. The summed E-state index contributed by atoms with van der Waals surface area (Å²) < 4.78 is 5.20. The summed E-state index contributed by atoms with van der Waals surface area (Å²) in [4.78, 5) is 42.8. The second-order valence-electron chi connectivity index (χ2n) is 8.51. The molecule has 1 aliphatic rings. The van der Waals surface area contributed by atoms with Crippen molar-refractivity contribution in [3.8, 4) is 5.75 Å². The SMILES string of the molecule is COc1ccc([N+](=O)[O-])cc1NC(=O)CC1SC(=Nc2ccc(C)c(C)c2)N(CC(C)C)C1=O. The first-order valence-corrected chi connectivity index (χ1v) is 11.7. The lowest BCUT2D eigenvalue weighted by Crippen LogP contribution is -2.36. The second-order valence-corrected chi connectivity index (χ2v) is 9.68. The number of rotatable bonds is 8. The molecule has 3 rings (SSSR count). The van der Waals surface area contributed by atoms with E-state index >= 15 is 0 Å². The van der Waals surface area contributed by atoms with Crippen LogP contribution in [0, 0.1) is 29.9 Å². The van der Waals surface area contributed by atoms with E-state index in [-0.39, 0.29) is 29.6 Å². The Labute approximate surface area is 202 Å². The zero-order valence-corrected chi connectivity index (χ0v) is 20.6. The third-order valence-corrected chi connectivity index (χ3v) is 6.50. The number of aliphatic imine (C=N–C) groups is 1. The van der Waals surface area contributed by atoms with E-state index in [9.17, 15) is 19.7 Å². The summed E-state index contributed by atoms with van der Waals surface area (Å²) in [5, 5.41) is 13.7. The third-order valence-electron chi connectivity index (χ3n) is 5.32. The normalized spacial score (nSPS) is 16.9. The summed E-state index contributed by atoms with van der Waals surface area (Å²) in [6, 6.07) is 9.81. The van der Waals surface area contributed by atoms with Crippen LogP contribution in [0.1, 0.15) is 31.4 Å². The van der Waals surface area contributed by atoms with Crippen LogP contribution in [0.25, 0.3) is 0 Å². The molecule has 0 spiro atoms. The Bertz CT molecular complexity index is 1150. The lowest BCUT2D eigenvalue weighted by Gasteiger charge is -2.18. The maximum Gasteiger partial charge on any atom is 0.271 e. The van der Waals surface area contributed by atoms with Crippen LogP contribution in [0.2, 0.25) is 0 Å². The molecule has 0 bridgehead atoms. The van der Waals surface area contributed by atoms with E-state index in [1.807, 2.05) is 45.9 Å². The summed E-state index contributed by atoms with van der Waals surface area (Å²) in [5.74, 6) is -0.108. The Morgan fingerprint density at radius 3 is 2.59 bits per heavy atom. The molecule has 34 heavy (non-hydrogen) atoms. The summed E-state index contributed by atoms with van der Waals surface area (Å²) in [5.41, 5.74) is 3.02. The molecule has 1 N–H and O–H groups in total. The maximum absolute atomic E-state index is 13.1. The number of methoxy groups -OCH3 is 1. The predicted octanol–water partition coefficient (Wildman–Crippen LogP) is 4.84. The van der Waals surface area contributed by atoms with Gasteiger partial charge >= 0.3 is 0 Å². The number of nitro benzene ring substituents is 1. The largest absolute Gasteiger partial charge is 0.495 e. The minimum absolute atomic E-state index is 0.101. The topological polar surface area (TPSA) is 114 Å². The molecule has 0 saturated carbocycles. The van der Waals surface area contributed by atoms with E-state index < -0.39 is 16.1 Å². The van der Waals surface area contributed by atoms with Gasteiger partial charge in [-0.3, -0.25) is 24.6 Å². The lowest BCUT2D eigenvalue weighted by atomic mass is 10.1. The van der Waals surface area contributed by atoms with Gasteiger partial charge in [-0.1, -0.05) is 31.7 Å². The molecule has 2 amide bonds. The van der Waals surface area contributed by atoms with Crippen LogP contribution >= 0.6 is 11.8 Å². The van der Waals surface area contributed by atoms with Gasteiger partial charge in [-0.15, -0.1) is 0 Å². The van der Waals surface area contributed by atoms with Crippen LogP contribution in [-0.4, -0.2) is 45.7 Å². The number of amides is 2. The van der Waals surface area contributed by atoms with Crippen LogP contribution in [0.3, 0.4) is 0 Å². The van der Waals surface area contributed by atoms with E-state index in [1.165, 1.54) is 37.1 Å². The van der Waals surface area contributed by atoms with E-state index in [4.69, 9.17) is 9.73 Å². The van der Waals surface area contributed by atoms with Crippen molar-refractivity contribution in [1.82, 2.24) is 4.90 Å². The zero-order valence-electron chi connectivity index (χ0n) is 19.8. The van der Waals surface area contributed by atoms with Gasteiger partial charge in [-0.2, -0.15) is 0 Å². The molecule has 1 unspecified atom stereocenters. The highest BCUT2D eigenvalue weighted by molar-refractivity contribution is 8.15. The summed E-state index contributed by atoms with van der Waals surface area (Å²) >= 11 is 1.26. The molecule has 1 atom stereocenters. The number of benzene rings is 2. The van der Waals surface area contributed by atoms with Crippen molar-refractivity contribution in [3.63, 3.8) is 0 Å². The number of anilines is 1. The fourth-order valence-electron chi connectivity index (χ4n) is 3.44. The second kappa shape index (κ2) is 10.7. The third kappa shape index (κ3) is 5.93. The molecule has 2 aromatic carbocycles. The Morgan fingerprint density at radius 1 is 1.24 bits per heavy atom. The molecule has 1 heterocycles. The van der Waals surface area contributed by atoms with Crippen LogP contribution < -0.4 is 10.1 Å². The lowest BCUT2D eigenvalue weighted by molar-refractivity contribution is -0.384. The quantitative estimate of drug-likeness (QED) is 0.424. The number of carbonyl (C=O) groups is 2. The zero-order chi connectivity index (χ0) is 25.0. The summed E-state index contributed by atoms with van der Waals surface area (Å²) in [7, 11) is 1.41. The van der Waals surface area contributed by atoms with Crippen molar-refractivity contribution in [2.24, 2.45) is 10.9 Å². The van der Waals surface area contributed by atoms with Gasteiger partial charge in [0.2, 0.25) is 11.8 Å². The molecule has 0 aromatic heterocycles. The predicted molar refractivity (Wildman–Crippen MR) is 134 cm³/mol. The van der Waals surface area contributed by atoms with Gasteiger partial charge in [-0.05, 0) is 49.1 Å². The number of carbonyl (C=O) groups excluding carboxylic acids is 2. The van der Waals surface area contributed by atoms with Crippen molar-refractivity contribution in [1.29, 1.82) is 0 Å².